The number of hydrogen-bond acceptors (Lipinski definition) is 6. The fourth-order valence-corrected chi connectivity index (χ4v) is 6.58. The summed E-state index contributed by atoms with van der Waals surface area (Å²) in [6.07, 6.45) is 11.1. The van der Waals surface area contributed by atoms with Crippen molar-refractivity contribution in [2.24, 2.45) is 18.4 Å². The summed E-state index contributed by atoms with van der Waals surface area (Å²) in [5, 5.41) is 24.9. The molecule has 1 amide bonds. The van der Waals surface area contributed by atoms with Crippen LogP contribution in [0.1, 0.15) is 72.8 Å². The van der Waals surface area contributed by atoms with Gasteiger partial charge in [0.25, 0.3) is 5.91 Å². The number of aromatic nitrogens is 5. The van der Waals surface area contributed by atoms with Crippen molar-refractivity contribution in [2.75, 3.05) is 11.9 Å². The van der Waals surface area contributed by atoms with E-state index < -0.39 is 0 Å². The number of benzene rings is 1. The maximum Gasteiger partial charge on any atom is 0.259 e. The van der Waals surface area contributed by atoms with Gasteiger partial charge in [0.2, 0.25) is 0 Å². The van der Waals surface area contributed by atoms with E-state index in [0.29, 0.717) is 46.3 Å². The van der Waals surface area contributed by atoms with Crippen molar-refractivity contribution in [1.82, 2.24) is 29.5 Å². The average molecular weight is 557 g/mol. The van der Waals surface area contributed by atoms with Crippen LogP contribution in [0.25, 0.3) is 5.65 Å². The molecular weight excluding hydrogens is 524 g/mol. The molecule has 1 aromatic carbocycles. The third kappa shape index (κ3) is 4.76. The molecule has 2 aliphatic rings. The zero-order valence-electron chi connectivity index (χ0n) is 22.8. The Morgan fingerprint density at radius 2 is 2.10 bits per heavy atom. The Hall–Kier alpha value is -3.74. The molecule has 2 N–H and O–H groups in total. The highest BCUT2D eigenvalue weighted by molar-refractivity contribution is 6.30. The molecule has 9 nitrogen and oxygen atoms in total. The monoisotopic (exact) mass is 556 g/mol. The quantitative estimate of drug-likeness (QED) is 0.291. The SMILES string of the molecule is Cn1cnnc1[C@]1(c2cccc(NC(=O)c3cc(CNCC4(C)CCC4)cn4c(Cl)cnc34)c2)C[C@H](CC#N)C1. The van der Waals surface area contributed by atoms with E-state index in [0.717, 1.165) is 36.3 Å². The number of nitrogens with zero attached hydrogens (tertiary/aromatic N) is 6. The number of carbonyl (C=O) groups excluding carboxylic acids is 1. The summed E-state index contributed by atoms with van der Waals surface area (Å²) < 4.78 is 3.71. The Labute approximate surface area is 238 Å². The number of nitrogens with one attached hydrogen (secondary N) is 2. The Morgan fingerprint density at radius 3 is 2.80 bits per heavy atom. The van der Waals surface area contributed by atoms with Crippen LogP contribution in [-0.4, -0.2) is 36.6 Å². The van der Waals surface area contributed by atoms with Gasteiger partial charge >= 0.3 is 0 Å². The first-order valence-corrected chi connectivity index (χ1v) is 14.2. The van der Waals surface area contributed by atoms with Crippen LogP contribution >= 0.6 is 11.6 Å². The van der Waals surface area contributed by atoms with Crippen molar-refractivity contribution >= 4 is 28.8 Å². The molecule has 206 valence electrons. The highest BCUT2D eigenvalue weighted by atomic mass is 35.5. The van der Waals surface area contributed by atoms with Crippen molar-refractivity contribution < 1.29 is 4.79 Å². The maximum atomic E-state index is 13.7. The molecule has 0 unspecified atom stereocenters. The van der Waals surface area contributed by atoms with Crippen LogP contribution in [0.5, 0.6) is 0 Å². The first kappa shape index (κ1) is 26.5. The van der Waals surface area contributed by atoms with Gasteiger partial charge < -0.3 is 15.2 Å². The summed E-state index contributed by atoms with van der Waals surface area (Å²) in [5.74, 6) is 0.928. The van der Waals surface area contributed by atoms with Crippen LogP contribution in [0.15, 0.2) is 49.1 Å². The Morgan fingerprint density at radius 1 is 1.27 bits per heavy atom. The molecule has 0 spiro atoms. The second kappa shape index (κ2) is 10.3. The predicted octanol–water partition coefficient (Wildman–Crippen LogP) is 5.26. The van der Waals surface area contributed by atoms with E-state index in [1.165, 1.54) is 19.3 Å². The van der Waals surface area contributed by atoms with E-state index in [1.807, 2.05) is 42.1 Å². The van der Waals surface area contributed by atoms with Crippen LogP contribution < -0.4 is 10.6 Å². The van der Waals surface area contributed by atoms with Crippen molar-refractivity contribution in [2.45, 2.75) is 57.4 Å². The molecule has 0 aliphatic heterocycles. The predicted molar refractivity (Wildman–Crippen MR) is 153 cm³/mol. The van der Waals surface area contributed by atoms with Crippen LogP contribution in [-0.2, 0) is 19.0 Å². The highest BCUT2D eigenvalue weighted by Gasteiger charge is 2.49. The standard InChI is InChI=1S/C30H33ClN8O/c1-29(8-4-9-29)18-33-15-21-11-24(26-34-16-25(31)39(26)17-21)27(40)36-23-6-3-5-22(12-23)30(13-20(14-30)7-10-32)28-37-35-19-38(28)2/h3,5-6,11-12,16-17,19-20,33H,4,7-9,13-15,18H2,1-2H3,(H,36,40)/t20-,30+. The number of pyridine rings is 1. The van der Waals surface area contributed by atoms with Crippen molar-refractivity contribution in [1.29, 1.82) is 5.26 Å². The summed E-state index contributed by atoms with van der Waals surface area (Å²) in [4.78, 5) is 18.1. The van der Waals surface area contributed by atoms with E-state index in [-0.39, 0.29) is 11.3 Å². The van der Waals surface area contributed by atoms with E-state index >= 15 is 0 Å². The lowest BCUT2D eigenvalue weighted by Crippen LogP contribution is -2.44. The number of fused-ring (bicyclic) bond motifs is 1. The van der Waals surface area contributed by atoms with Gasteiger partial charge in [-0.1, -0.05) is 37.1 Å². The first-order chi connectivity index (χ1) is 19.3. The fourth-order valence-electron chi connectivity index (χ4n) is 6.40. The molecule has 10 heteroatoms. The normalized spacial score (nSPS) is 21.4. The maximum absolute atomic E-state index is 13.7. The summed E-state index contributed by atoms with van der Waals surface area (Å²) in [6.45, 7) is 3.90. The molecule has 3 heterocycles. The molecule has 2 saturated carbocycles. The number of rotatable bonds is 9. The Bertz CT molecular complexity index is 1610. The molecule has 2 aliphatic carbocycles. The summed E-state index contributed by atoms with van der Waals surface area (Å²) in [7, 11) is 1.94. The molecule has 0 bridgehead atoms. The van der Waals surface area contributed by atoms with Crippen LogP contribution in [0, 0.1) is 22.7 Å². The van der Waals surface area contributed by atoms with Gasteiger partial charge in [0, 0.05) is 38.4 Å². The van der Waals surface area contributed by atoms with Gasteiger partial charge in [0.15, 0.2) is 5.65 Å². The minimum absolute atomic E-state index is 0.249. The number of amides is 1. The molecule has 0 atom stereocenters. The zero-order valence-corrected chi connectivity index (χ0v) is 23.6. The average Bonchev–Trinajstić information content (AvgIpc) is 3.50. The molecule has 40 heavy (non-hydrogen) atoms. The smallest absolute Gasteiger partial charge is 0.259 e. The lowest BCUT2D eigenvalue weighted by molar-refractivity contribution is 0.102. The summed E-state index contributed by atoms with van der Waals surface area (Å²) in [5.41, 5.74) is 3.69. The number of nitriles is 1. The second-order valence-corrected chi connectivity index (χ2v) is 12.2. The minimum Gasteiger partial charge on any atom is -0.322 e. The molecule has 0 radical (unpaired) electrons. The van der Waals surface area contributed by atoms with Crippen LogP contribution in [0.3, 0.4) is 0 Å². The third-order valence-electron chi connectivity index (χ3n) is 8.77. The van der Waals surface area contributed by atoms with Crippen molar-refractivity contribution in [3.05, 3.63) is 76.7 Å². The summed E-state index contributed by atoms with van der Waals surface area (Å²) >= 11 is 6.42. The van der Waals surface area contributed by atoms with Gasteiger partial charge in [0.05, 0.1) is 23.2 Å². The molecular formula is C30H33ClN8O. The number of halogens is 1. The molecule has 6 rings (SSSR count). The number of hydrogen-bond donors (Lipinski definition) is 2. The lowest BCUT2D eigenvalue weighted by Gasteiger charge is -2.46. The molecule has 4 aromatic rings. The summed E-state index contributed by atoms with van der Waals surface area (Å²) in [6, 6.07) is 12.1. The van der Waals surface area contributed by atoms with Crippen LogP contribution in [0.4, 0.5) is 5.69 Å². The van der Waals surface area contributed by atoms with E-state index in [4.69, 9.17) is 11.6 Å². The van der Waals surface area contributed by atoms with Gasteiger partial charge in [-0.15, -0.1) is 10.2 Å². The number of imidazole rings is 1. The van der Waals surface area contributed by atoms with Gasteiger partial charge in [-0.25, -0.2) is 4.98 Å². The minimum atomic E-state index is -0.347. The largest absolute Gasteiger partial charge is 0.322 e. The molecule has 0 saturated heterocycles. The number of carbonyl (C=O) groups is 1. The van der Waals surface area contributed by atoms with Gasteiger partial charge in [-0.05, 0) is 66.3 Å². The van der Waals surface area contributed by atoms with E-state index in [9.17, 15) is 10.1 Å². The van der Waals surface area contributed by atoms with Crippen LogP contribution in [0.2, 0.25) is 5.15 Å². The van der Waals surface area contributed by atoms with E-state index in [2.05, 4.69) is 44.9 Å². The van der Waals surface area contributed by atoms with Crippen molar-refractivity contribution in [3.8, 4) is 6.07 Å². The topological polar surface area (TPSA) is 113 Å². The van der Waals surface area contributed by atoms with Gasteiger partial charge in [0.1, 0.15) is 17.3 Å². The Balaban J connectivity index is 1.26. The van der Waals surface area contributed by atoms with Gasteiger partial charge in [-0.3, -0.25) is 9.20 Å². The highest BCUT2D eigenvalue weighted by Crippen LogP contribution is 2.53. The lowest BCUT2D eigenvalue weighted by atomic mass is 9.57. The molecule has 3 aromatic heterocycles. The number of anilines is 1. The fraction of sp³-hybridized carbons (Fsp3) is 0.433. The molecule has 2 fully saturated rings. The Kier molecular flexibility index (Phi) is 6.85. The van der Waals surface area contributed by atoms with Gasteiger partial charge in [-0.2, -0.15) is 5.26 Å². The third-order valence-corrected chi connectivity index (χ3v) is 9.05. The zero-order chi connectivity index (χ0) is 27.9. The number of aryl methyl sites for hydroxylation is 1. The first-order valence-electron chi connectivity index (χ1n) is 13.8. The van der Waals surface area contributed by atoms with E-state index in [1.54, 1.807) is 16.9 Å². The van der Waals surface area contributed by atoms with Crippen molar-refractivity contribution in [3.63, 3.8) is 0 Å². The second-order valence-electron chi connectivity index (χ2n) is 11.8.